The van der Waals surface area contributed by atoms with Crippen molar-refractivity contribution in [2.24, 2.45) is 7.05 Å². The number of nitrogens with zero attached hydrogens (tertiary/aromatic N) is 3. The highest BCUT2D eigenvalue weighted by Gasteiger charge is 2.45. The zero-order chi connectivity index (χ0) is 14.7. The fourth-order valence-electron chi connectivity index (χ4n) is 4.66. The molecule has 0 bridgehead atoms. The van der Waals surface area contributed by atoms with Crippen LogP contribution in [0, 0.1) is 0 Å². The molecule has 2 aliphatic rings. The molecule has 1 aromatic heterocycles. The minimum absolute atomic E-state index is 0.420. The Hall–Kier alpha value is -0.870. The molecule has 2 heterocycles. The molecule has 1 saturated heterocycles. The van der Waals surface area contributed by atoms with Gasteiger partial charge in [0.15, 0.2) is 0 Å². The molecular weight excluding hydrogens is 260 g/mol. The van der Waals surface area contributed by atoms with Crippen molar-refractivity contribution in [2.45, 2.75) is 62.9 Å². The van der Waals surface area contributed by atoms with Crippen molar-refractivity contribution in [3.05, 3.63) is 18.0 Å². The Labute approximate surface area is 128 Å². The lowest BCUT2D eigenvalue weighted by atomic mass is 9.83. The fourth-order valence-corrected chi connectivity index (χ4v) is 4.66. The summed E-state index contributed by atoms with van der Waals surface area (Å²) in [6, 6.07) is 2.76. The van der Waals surface area contributed by atoms with Gasteiger partial charge < -0.3 is 5.32 Å². The van der Waals surface area contributed by atoms with E-state index in [1.54, 1.807) is 0 Å². The van der Waals surface area contributed by atoms with Crippen molar-refractivity contribution in [3.63, 3.8) is 0 Å². The lowest BCUT2D eigenvalue weighted by Gasteiger charge is -2.45. The standard InChI is InChI=1S/C17H30N4/c1-18-16(8-7-15-9-12-19-20(15)2)17(10-3-4-11-17)21-13-5-6-14-21/h9,12,16,18H,3-8,10-11,13-14H2,1-2H3. The predicted octanol–water partition coefficient (Wildman–Crippen LogP) is 2.35. The van der Waals surface area contributed by atoms with Gasteiger partial charge in [-0.1, -0.05) is 12.8 Å². The van der Waals surface area contributed by atoms with Crippen molar-refractivity contribution >= 4 is 0 Å². The van der Waals surface area contributed by atoms with Crippen LogP contribution in [-0.2, 0) is 13.5 Å². The van der Waals surface area contributed by atoms with E-state index < -0.39 is 0 Å². The van der Waals surface area contributed by atoms with E-state index in [0.29, 0.717) is 11.6 Å². The average Bonchev–Trinajstić information content (AvgIpc) is 3.20. The van der Waals surface area contributed by atoms with Gasteiger partial charge in [-0.15, -0.1) is 0 Å². The van der Waals surface area contributed by atoms with Gasteiger partial charge in [0.05, 0.1) is 0 Å². The Morgan fingerprint density at radius 1 is 1.24 bits per heavy atom. The van der Waals surface area contributed by atoms with Gasteiger partial charge in [0.2, 0.25) is 0 Å². The molecule has 1 atom stereocenters. The summed E-state index contributed by atoms with van der Waals surface area (Å²) in [5.41, 5.74) is 1.77. The number of aryl methyl sites for hydroxylation is 2. The van der Waals surface area contributed by atoms with Crippen LogP contribution in [0.15, 0.2) is 12.3 Å². The summed E-state index contributed by atoms with van der Waals surface area (Å²) in [6.45, 7) is 2.62. The second-order valence-electron chi connectivity index (χ2n) is 6.83. The molecule has 1 aliphatic heterocycles. The number of hydrogen-bond donors (Lipinski definition) is 1. The van der Waals surface area contributed by atoms with Crippen LogP contribution in [0.5, 0.6) is 0 Å². The Morgan fingerprint density at radius 2 is 1.95 bits per heavy atom. The lowest BCUT2D eigenvalue weighted by Crippen LogP contribution is -2.58. The normalized spacial score (nSPS) is 23.7. The Morgan fingerprint density at radius 3 is 2.52 bits per heavy atom. The first-order chi connectivity index (χ1) is 10.3. The third kappa shape index (κ3) is 2.88. The average molecular weight is 290 g/mol. The van der Waals surface area contributed by atoms with Crippen molar-refractivity contribution in [2.75, 3.05) is 20.1 Å². The first kappa shape index (κ1) is 15.0. The number of likely N-dealkylation sites (tertiary alicyclic amines) is 1. The molecule has 2 fully saturated rings. The van der Waals surface area contributed by atoms with E-state index in [1.165, 1.54) is 63.7 Å². The number of hydrogen-bond acceptors (Lipinski definition) is 3. The third-order valence-corrected chi connectivity index (χ3v) is 5.81. The molecule has 21 heavy (non-hydrogen) atoms. The monoisotopic (exact) mass is 290 g/mol. The highest BCUT2D eigenvalue weighted by atomic mass is 15.3. The maximum atomic E-state index is 4.30. The smallest absolute Gasteiger partial charge is 0.0492 e. The molecule has 0 radical (unpaired) electrons. The maximum absolute atomic E-state index is 4.30. The van der Waals surface area contributed by atoms with Gasteiger partial charge in [0.25, 0.3) is 0 Å². The quantitative estimate of drug-likeness (QED) is 0.873. The zero-order valence-corrected chi connectivity index (χ0v) is 13.6. The fraction of sp³-hybridized carbons (Fsp3) is 0.824. The molecule has 118 valence electrons. The van der Waals surface area contributed by atoms with Crippen molar-refractivity contribution in [1.29, 1.82) is 0 Å². The zero-order valence-electron chi connectivity index (χ0n) is 13.6. The van der Waals surface area contributed by atoms with Crippen LogP contribution in [-0.4, -0.2) is 46.4 Å². The third-order valence-electron chi connectivity index (χ3n) is 5.81. The van der Waals surface area contributed by atoms with E-state index in [2.05, 4.69) is 35.5 Å². The summed E-state index contributed by atoms with van der Waals surface area (Å²) >= 11 is 0. The van der Waals surface area contributed by atoms with E-state index in [-0.39, 0.29) is 0 Å². The number of aromatic nitrogens is 2. The van der Waals surface area contributed by atoms with Crippen LogP contribution < -0.4 is 5.32 Å². The second kappa shape index (κ2) is 6.49. The first-order valence-corrected chi connectivity index (χ1v) is 8.65. The molecule has 4 heteroatoms. The predicted molar refractivity (Wildman–Crippen MR) is 86.4 cm³/mol. The van der Waals surface area contributed by atoms with Crippen LogP contribution in [0.3, 0.4) is 0 Å². The van der Waals surface area contributed by atoms with Crippen molar-refractivity contribution in [3.8, 4) is 0 Å². The highest BCUT2D eigenvalue weighted by Crippen LogP contribution is 2.41. The SMILES string of the molecule is CNC(CCc1ccnn1C)C1(N2CCCC2)CCCC1. The summed E-state index contributed by atoms with van der Waals surface area (Å²) in [5, 5.41) is 7.97. The Bertz CT molecular complexity index is 441. The molecule has 1 saturated carbocycles. The Balaban J connectivity index is 1.71. The molecule has 1 N–H and O–H groups in total. The van der Waals surface area contributed by atoms with Gasteiger partial charge in [-0.2, -0.15) is 5.10 Å². The molecule has 1 aromatic rings. The maximum Gasteiger partial charge on any atom is 0.0492 e. The van der Waals surface area contributed by atoms with E-state index in [4.69, 9.17) is 0 Å². The van der Waals surface area contributed by atoms with Crippen LogP contribution >= 0.6 is 0 Å². The minimum atomic E-state index is 0.420. The summed E-state index contributed by atoms with van der Waals surface area (Å²) in [4.78, 5) is 2.81. The number of nitrogens with one attached hydrogen (secondary N) is 1. The van der Waals surface area contributed by atoms with E-state index in [9.17, 15) is 0 Å². The molecule has 4 nitrogen and oxygen atoms in total. The summed E-state index contributed by atoms with van der Waals surface area (Å²) in [7, 11) is 4.21. The van der Waals surface area contributed by atoms with Crippen LogP contribution in [0.2, 0.25) is 0 Å². The summed E-state index contributed by atoms with van der Waals surface area (Å²) < 4.78 is 2.02. The van der Waals surface area contributed by atoms with E-state index in [0.717, 1.165) is 6.42 Å². The number of likely N-dealkylation sites (N-methyl/N-ethyl adjacent to an activating group) is 1. The largest absolute Gasteiger partial charge is 0.315 e. The van der Waals surface area contributed by atoms with Gasteiger partial charge in [-0.3, -0.25) is 9.58 Å². The molecular formula is C17H30N4. The van der Waals surface area contributed by atoms with Gasteiger partial charge in [-0.05, 0) is 64.7 Å². The summed E-state index contributed by atoms with van der Waals surface area (Å²) in [5.74, 6) is 0. The van der Waals surface area contributed by atoms with Crippen LogP contribution in [0.25, 0.3) is 0 Å². The number of rotatable bonds is 6. The second-order valence-corrected chi connectivity index (χ2v) is 6.83. The molecule has 0 amide bonds. The van der Waals surface area contributed by atoms with Crippen LogP contribution in [0.1, 0.15) is 50.6 Å². The molecule has 1 aliphatic carbocycles. The molecule has 1 unspecified atom stereocenters. The first-order valence-electron chi connectivity index (χ1n) is 8.65. The van der Waals surface area contributed by atoms with Crippen LogP contribution in [0.4, 0.5) is 0 Å². The van der Waals surface area contributed by atoms with Gasteiger partial charge in [0, 0.05) is 30.5 Å². The molecule has 0 spiro atoms. The lowest BCUT2D eigenvalue weighted by molar-refractivity contribution is 0.0761. The topological polar surface area (TPSA) is 33.1 Å². The van der Waals surface area contributed by atoms with Crippen molar-refractivity contribution in [1.82, 2.24) is 20.0 Å². The summed E-state index contributed by atoms with van der Waals surface area (Å²) in [6.07, 6.45) is 12.6. The minimum Gasteiger partial charge on any atom is -0.315 e. The van der Waals surface area contributed by atoms with E-state index in [1.807, 2.05) is 10.9 Å². The van der Waals surface area contributed by atoms with Crippen molar-refractivity contribution < 1.29 is 0 Å². The Kier molecular flexibility index (Phi) is 4.65. The van der Waals surface area contributed by atoms with Gasteiger partial charge >= 0.3 is 0 Å². The molecule has 3 rings (SSSR count). The molecule has 0 aromatic carbocycles. The van der Waals surface area contributed by atoms with E-state index >= 15 is 0 Å². The van der Waals surface area contributed by atoms with Gasteiger partial charge in [0.1, 0.15) is 0 Å². The van der Waals surface area contributed by atoms with Gasteiger partial charge in [-0.25, -0.2) is 0 Å². The highest BCUT2D eigenvalue weighted by molar-refractivity contribution is 5.07.